The second-order valence-corrected chi connectivity index (χ2v) is 3.59. The minimum absolute atomic E-state index is 0. The van der Waals surface area contributed by atoms with Crippen molar-refractivity contribution < 1.29 is 19.0 Å². The van der Waals surface area contributed by atoms with E-state index in [0.717, 1.165) is 19.4 Å². The van der Waals surface area contributed by atoms with Crippen LogP contribution in [0.3, 0.4) is 0 Å². The maximum Gasteiger partial charge on any atom is 0.307 e. The van der Waals surface area contributed by atoms with Crippen LogP contribution in [0.25, 0.3) is 0 Å². The van der Waals surface area contributed by atoms with E-state index in [1.807, 2.05) is 6.92 Å². The fourth-order valence-electron chi connectivity index (χ4n) is 1.11. The molecule has 0 aromatic heterocycles. The van der Waals surface area contributed by atoms with E-state index in [1.165, 1.54) is 0 Å². The van der Waals surface area contributed by atoms with Crippen LogP contribution < -0.4 is 5.32 Å². The normalized spacial score (nSPS) is 8.90. The van der Waals surface area contributed by atoms with Gasteiger partial charge in [-0.2, -0.15) is 0 Å². The number of nitrogens with one attached hydrogen (secondary N) is 1. The summed E-state index contributed by atoms with van der Waals surface area (Å²) >= 11 is 0. The number of rotatable bonds is 12. The first kappa shape index (κ1) is 27.7. The van der Waals surface area contributed by atoms with E-state index < -0.39 is 0 Å². The Kier molecular flexibility index (Phi) is 32.4. The molecule has 0 aliphatic heterocycles. The lowest BCUT2D eigenvalue weighted by molar-refractivity contribution is -0.146. The molecule has 0 saturated carbocycles. The first-order chi connectivity index (χ1) is 8.31. The largest absolute Gasteiger partial charge is 0.463 e. The highest BCUT2D eigenvalue weighted by molar-refractivity contribution is 5.69. The Labute approximate surface area is 126 Å². The number of ether oxygens (including phenoxy) is 3. The van der Waals surface area contributed by atoms with Crippen LogP contribution in [0.1, 0.15) is 55.4 Å². The minimum Gasteiger partial charge on any atom is -0.463 e. The smallest absolute Gasteiger partial charge is 0.307 e. The summed E-state index contributed by atoms with van der Waals surface area (Å²) in [6, 6.07) is 0. The Morgan fingerprint density at radius 2 is 1.70 bits per heavy atom. The summed E-state index contributed by atoms with van der Waals surface area (Å²) < 4.78 is 15.0. The second kappa shape index (κ2) is 23.4. The SMILES string of the molecule is C.C.C.CCCCNCCC(=O)OCCOCOCC. The fraction of sp³-hybridized carbons (Fsp3) is 0.933. The number of hydrogen-bond acceptors (Lipinski definition) is 5. The maximum absolute atomic E-state index is 11.2. The van der Waals surface area contributed by atoms with E-state index in [1.54, 1.807) is 0 Å². The predicted octanol–water partition coefficient (Wildman–Crippen LogP) is 3.23. The highest BCUT2D eigenvalue weighted by Gasteiger charge is 2.01. The highest BCUT2D eigenvalue weighted by Crippen LogP contribution is 1.88. The summed E-state index contributed by atoms with van der Waals surface area (Å²) in [4.78, 5) is 11.2. The maximum atomic E-state index is 11.2. The van der Waals surface area contributed by atoms with Gasteiger partial charge in [0.25, 0.3) is 0 Å². The van der Waals surface area contributed by atoms with Gasteiger partial charge in [-0.15, -0.1) is 0 Å². The molecule has 0 aromatic rings. The lowest BCUT2D eigenvalue weighted by Gasteiger charge is -2.06. The Bertz CT molecular complexity index is 177. The summed E-state index contributed by atoms with van der Waals surface area (Å²) in [5, 5.41) is 3.18. The van der Waals surface area contributed by atoms with Crippen LogP contribution in [0.2, 0.25) is 0 Å². The van der Waals surface area contributed by atoms with Crippen LogP contribution in [0.15, 0.2) is 0 Å². The Morgan fingerprint density at radius 1 is 1.00 bits per heavy atom. The molecule has 0 spiro atoms. The van der Waals surface area contributed by atoms with Gasteiger partial charge in [-0.3, -0.25) is 4.79 Å². The fourth-order valence-corrected chi connectivity index (χ4v) is 1.11. The van der Waals surface area contributed by atoms with Crippen LogP contribution in [0, 0.1) is 0 Å². The molecule has 0 aliphatic carbocycles. The quantitative estimate of drug-likeness (QED) is 0.340. The van der Waals surface area contributed by atoms with Gasteiger partial charge >= 0.3 is 5.97 Å². The van der Waals surface area contributed by atoms with Gasteiger partial charge in [0.2, 0.25) is 0 Å². The molecule has 20 heavy (non-hydrogen) atoms. The third-order valence-electron chi connectivity index (χ3n) is 2.07. The van der Waals surface area contributed by atoms with E-state index >= 15 is 0 Å². The number of esters is 1. The molecule has 0 unspecified atom stereocenters. The van der Waals surface area contributed by atoms with Gasteiger partial charge in [0.1, 0.15) is 13.4 Å². The van der Waals surface area contributed by atoms with Crippen molar-refractivity contribution in [2.24, 2.45) is 0 Å². The monoisotopic (exact) mass is 295 g/mol. The van der Waals surface area contributed by atoms with E-state index in [4.69, 9.17) is 14.2 Å². The van der Waals surface area contributed by atoms with Crippen molar-refractivity contribution in [3.05, 3.63) is 0 Å². The van der Waals surface area contributed by atoms with Gasteiger partial charge in [0.05, 0.1) is 13.0 Å². The topological polar surface area (TPSA) is 56.8 Å². The van der Waals surface area contributed by atoms with Crippen LogP contribution in [-0.2, 0) is 19.0 Å². The van der Waals surface area contributed by atoms with E-state index in [9.17, 15) is 4.79 Å². The summed E-state index contributed by atoms with van der Waals surface area (Å²) in [5.74, 6) is -0.186. The van der Waals surface area contributed by atoms with Crippen molar-refractivity contribution in [2.75, 3.05) is 39.7 Å². The van der Waals surface area contributed by atoms with Crippen molar-refractivity contribution in [3.8, 4) is 0 Å². The summed E-state index contributed by atoms with van der Waals surface area (Å²) in [5.41, 5.74) is 0. The third kappa shape index (κ3) is 22.5. The van der Waals surface area contributed by atoms with Gasteiger partial charge in [-0.25, -0.2) is 0 Å². The average Bonchev–Trinajstić information content (AvgIpc) is 2.33. The third-order valence-corrected chi connectivity index (χ3v) is 2.07. The Hall–Kier alpha value is -0.650. The molecule has 0 amide bonds. The molecule has 0 aromatic carbocycles. The van der Waals surface area contributed by atoms with Gasteiger partial charge < -0.3 is 19.5 Å². The molecule has 0 bridgehead atoms. The Morgan fingerprint density at radius 3 is 2.30 bits per heavy atom. The van der Waals surface area contributed by atoms with Crippen LogP contribution in [0.4, 0.5) is 0 Å². The molecular formula is C15H37NO4. The molecule has 5 nitrogen and oxygen atoms in total. The first-order valence-electron chi connectivity index (χ1n) is 6.33. The van der Waals surface area contributed by atoms with Crippen molar-refractivity contribution >= 4 is 5.97 Å². The van der Waals surface area contributed by atoms with Gasteiger partial charge in [0.15, 0.2) is 0 Å². The molecule has 5 heteroatoms. The van der Waals surface area contributed by atoms with Crippen LogP contribution in [0.5, 0.6) is 0 Å². The zero-order chi connectivity index (χ0) is 12.8. The highest BCUT2D eigenvalue weighted by atomic mass is 16.7. The second-order valence-electron chi connectivity index (χ2n) is 3.59. The first-order valence-corrected chi connectivity index (χ1v) is 6.33. The number of carbonyl (C=O) groups is 1. The van der Waals surface area contributed by atoms with E-state index in [0.29, 0.717) is 32.8 Å². The molecule has 0 rings (SSSR count). The predicted molar refractivity (Wildman–Crippen MR) is 86.0 cm³/mol. The van der Waals surface area contributed by atoms with Gasteiger partial charge in [-0.05, 0) is 19.9 Å². The molecule has 0 saturated heterocycles. The number of carbonyl (C=O) groups excluding carboxylic acids is 1. The lowest BCUT2D eigenvalue weighted by Crippen LogP contribution is -2.21. The van der Waals surface area contributed by atoms with Crippen LogP contribution >= 0.6 is 0 Å². The summed E-state index contributed by atoms with van der Waals surface area (Å²) in [6.07, 6.45) is 2.71. The molecular weight excluding hydrogens is 258 g/mol. The van der Waals surface area contributed by atoms with E-state index in [2.05, 4.69) is 12.2 Å². The summed E-state index contributed by atoms with van der Waals surface area (Å²) in [6.45, 7) is 7.23. The van der Waals surface area contributed by atoms with Crippen molar-refractivity contribution in [1.82, 2.24) is 5.32 Å². The van der Waals surface area contributed by atoms with Crippen molar-refractivity contribution in [2.45, 2.75) is 55.4 Å². The van der Waals surface area contributed by atoms with Crippen molar-refractivity contribution in [3.63, 3.8) is 0 Å². The number of unbranched alkanes of at least 4 members (excludes halogenated alkanes) is 1. The molecule has 1 N–H and O–H groups in total. The molecule has 0 radical (unpaired) electrons. The molecule has 126 valence electrons. The number of hydrogen-bond donors (Lipinski definition) is 1. The summed E-state index contributed by atoms with van der Waals surface area (Å²) in [7, 11) is 0. The molecule has 0 heterocycles. The lowest BCUT2D eigenvalue weighted by atomic mass is 10.3. The van der Waals surface area contributed by atoms with Gasteiger partial charge in [0, 0.05) is 13.2 Å². The zero-order valence-corrected chi connectivity index (χ0v) is 11.0. The standard InChI is InChI=1S/C12H25NO4.3CH4/c1-3-5-7-13-8-6-12(14)17-10-9-16-11-15-4-2;;;/h13H,3-11H2,1-2H3;3*1H4. The van der Waals surface area contributed by atoms with E-state index in [-0.39, 0.29) is 35.0 Å². The molecule has 0 atom stereocenters. The molecule has 0 fully saturated rings. The average molecular weight is 295 g/mol. The van der Waals surface area contributed by atoms with Crippen LogP contribution in [-0.4, -0.2) is 45.7 Å². The minimum atomic E-state index is -0.186. The van der Waals surface area contributed by atoms with Gasteiger partial charge in [-0.1, -0.05) is 35.6 Å². The molecule has 0 aliphatic rings. The Balaban J connectivity index is -0.000000427. The van der Waals surface area contributed by atoms with Crippen molar-refractivity contribution in [1.29, 1.82) is 0 Å². The zero-order valence-electron chi connectivity index (χ0n) is 11.0.